The maximum Gasteiger partial charge on any atom is 0.120 e. The number of nitrogens with one attached hydrogen (secondary N) is 1. The molecule has 2 aromatic rings. The van der Waals surface area contributed by atoms with Crippen LogP contribution in [0.2, 0.25) is 0 Å². The van der Waals surface area contributed by atoms with Crippen LogP contribution in [0.4, 0.5) is 5.69 Å². The van der Waals surface area contributed by atoms with Gasteiger partial charge in [0.2, 0.25) is 0 Å². The number of hydrogen-bond donors (Lipinski definition) is 1. The minimum atomic E-state index is 0.183. The zero-order valence-electron chi connectivity index (χ0n) is 12.9. The minimum absolute atomic E-state index is 0.183. The molecule has 0 atom stereocenters. The van der Waals surface area contributed by atoms with Gasteiger partial charge in [-0.1, -0.05) is 13.3 Å². The van der Waals surface area contributed by atoms with Gasteiger partial charge >= 0.3 is 0 Å². The maximum atomic E-state index is 5.78. The average Bonchev–Trinajstić information content (AvgIpc) is 2.39. The van der Waals surface area contributed by atoms with Crippen molar-refractivity contribution < 1.29 is 4.74 Å². The molecule has 0 radical (unpaired) electrons. The first-order valence-corrected chi connectivity index (χ1v) is 7.48. The van der Waals surface area contributed by atoms with Crippen LogP contribution < -0.4 is 10.1 Å². The smallest absolute Gasteiger partial charge is 0.120 e. The molecule has 1 N–H and O–H groups in total. The molecular weight excluding hydrogens is 248 g/mol. The van der Waals surface area contributed by atoms with Crippen molar-refractivity contribution in [2.24, 2.45) is 0 Å². The molecule has 0 amide bonds. The molecule has 0 saturated heterocycles. The van der Waals surface area contributed by atoms with Crippen LogP contribution in [-0.2, 0) is 6.42 Å². The fraction of sp³-hybridized carbons (Fsp3) is 0.471. The number of benzene rings is 1. The van der Waals surface area contributed by atoms with Crippen LogP contribution in [0, 0.1) is 0 Å². The van der Waals surface area contributed by atoms with E-state index in [0.29, 0.717) is 0 Å². The number of ether oxygens (including phenoxy) is 1. The van der Waals surface area contributed by atoms with Crippen LogP contribution in [0.15, 0.2) is 24.3 Å². The number of pyridine rings is 1. The van der Waals surface area contributed by atoms with E-state index in [2.05, 4.69) is 31.3 Å². The molecule has 0 aliphatic rings. The Labute approximate surface area is 121 Å². The first-order chi connectivity index (χ1) is 9.63. The Hall–Kier alpha value is -1.77. The van der Waals surface area contributed by atoms with Gasteiger partial charge < -0.3 is 10.1 Å². The Morgan fingerprint density at radius 1 is 1.20 bits per heavy atom. The molecule has 0 saturated carbocycles. The second-order valence-electron chi connectivity index (χ2n) is 5.29. The summed E-state index contributed by atoms with van der Waals surface area (Å²) >= 11 is 0. The molecule has 2 rings (SSSR count). The van der Waals surface area contributed by atoms with E-state index >= 15 is 0 Å². The van der Waals surface area contributed by atoms with Gasteiger partial charge in [-0.3, -0.25) is 4.98 Å². The summed E-state index contributed by atoms with van der Waals surface area (Å²) < 4.78 is 5.78. The first kappa shape index (κ1) is 14.6. The summed E-state index contributed by atoms with van der Waals surface area (Å²) in [6, 6.07) is 8.29. The molecular formula is C17H24N2O. The summed E-state index contributed by atoms with van der Waals surface area (Å²) in [6.45, 7) is 9.27. The van der Waals surface area contributed by atoms with Crippen LogP contribution in [0.1, 0.15) is 39.8 Å². The van der Waals surface area contributed by atoms with Gasteiger partial charge in [-0.05, 0) is 51.5 Å². The fourth-order valence-corrected chi connectivity index (χ4v) is 2.33. The number of hydrogen-bond acceptors (Lipinski definition) is 3. The summed E-state index contributed by atoms with van der Waals surface area (Å²) in [5, 5.41) is 4.56. The lowest BCUT2D eigenvalue weighted by Gasteiger charge is -2.14. The summed E-state index contributed by atoms with van der Waals surface area (Å²) in [7, 11) is 0. The second-order valence-corrected chi connectivity index (χ2v) is 5.29. The Morgan fingerprint density at radius 3 is 2.65 bits per heavy atom. The van der Waals surface area contributed by atoms with Crippen molar-refractivity contribution in [3.05, 3.63) is 30.0 Å². The monoisotopic (exact) mass is 272 g/mol. The van der Waals surface area contributed by atoms with E-state index in [0.717, 1.165) is 47.4 Å². The van der Waals surface area contributed by atoms with Crippen LogP contribution in [0.3, 0.4) is 0 Å². The van der Waals surface area contributed by atoms with E-state index in [4.69, 9.17) is 9.72 Å². The largest absolute Gasteiger partial charge is 0.491 e. The molecule has 0 spiro atoms. The van der Waals surface area contributed by atoms with Crippen molar-refractivity contribution in [1.82, 2.24) is 4.98 Å². The average molecular weight is 272 g/mol. The first-order valence-electron chi connectivity index (χ1n) is 7.48. The normalized spacial score (nSPS) is 11.1. The maximum absolute atomic E-state index is 5.78. The molecule has 1 heterocycles. The summed E-state index contributed by atoms with van der Waals surface area (Å²) in [4.78, 5) is 4.73. The predicted molar refractivity (Wildman–Crippen MR) is 85.7 cm³/mol. The highest BCUT2D eigenvalue weighted by Gasteiger charge is 2.07. The van der Waals surface area contributed by atoms with Crippen molar-refractivity contribution in [3.8, 4) is 5.75 Å². The third-order valence-corrected chi connectivity index (χ3v) is 3.08. The molecule has 108 valence electrons. The van der Waals surface area contributed by atoms with Crippen molar-refractivity contribution in [2.45, 2.75) is 46.6 Å². The molecule has 0 aliphatic heterocycles. The van der Waals surface area contributed by atoms with E-state index in [1.54, 1.807) is 0 Å². The zero-order chi connectivity index (χ0) is 14.5. The number of aromatic nitrogens is 1. The highest BCUT2D eigenvalue weighted by molar-refractivity contribution is 5.92. The highest BCUT2D eigenvalue weighted by Crippen LogP contribution is 2.28. The van der Waals surface area contributed by atoms with Crippen LogP contribution >= 0.6 is 0 Å². The molecule has 3 nitrogen and oxygen atoms in total. The zero-order valence-corrected chi connectivity index (χ0v) is 12.9. The second kappa shape index (κ2) is 6.60. The minimum Gasteiger partial charge on any atom is -0.491 e. The van der Waals surface area contributed by atoms with Gasteiger partial charge in [-0.25, -0.2) is 0 Å². The van der Waals surface area contributed by atoms with Gasteiger partial charge in [-0.15, -0.1) is 0 Å². The van der Waals surface area contributed by atoms with E-state index < -0.39 is 0 Å². The van der Waals surface area contributed by atoms with Crippen molar-refractivity contribution in [1.29, 1.82) is 0 Å². The van der Waals surface area contributed by atoms with Gasteiger partial charge in [0.05, 0.1) is 11.6 Å². The number of anilines is 1. The van der Waals surface area contributed by atoms with E-state index in [1.807, 2.05) is 26.0 Å². The van der Waals surface area contributed by atoms with Crippen molar-refractivity contribution >= 4 is 16.6 Å². The van der Waals surface area contributed by atoms with Crippen molar-refractivity contribution in [3.63, 3.8) is 0 Å². The van der Waals surface area contributed by atoms with Crippen LogP contribution in [0.25, 0.3) is 10.9 Å². The van der Waals surface area contributed by atoms with Crippen molar-refractivity contribution in [2.75, 3.05) is 11.9 Å². The lowest BCUT2D eigenvalue weighted by atomic mass is 10.1. The highest BCUT2D eigenvalue weighted by atomic mass is 16.5. The van der Waals surface area contributed by atoms with Gasteiger partial charge in [0.25, 0.3) is 0 Å². The summed E-state index contributed by atoms with van der Waals surface area (Å²) in [5.41, 5.74) is 3.33. The van der Waals surface area contributed by atoms with Crippen LogP contribution in [-0.4, -0.2) is 17.6 Å². The fourth-order valence-electron chi connectivity index (χ4n) is 2.33. The Kier molecular flexibility index (Phi) is 4.83. The predicted octanol–water partition coefficient (Wildman–Crippen LogP) is 4.41. The summed E-state index contributed by atoms with van der Waals surface area (Å²) in [5.74, 6) is 0.900. The number of fused-ring (bicyclic) bond motifs is 1. The van der Waals surface area contributed by atoms with Gasteiger partial charge in [-0.2, -0.15) is 0 Å². The number of nitrogens with zero attached hydrogens (tertiary/aromatic N) is 1. The SMILES string of the molecule is CCCc1cc(NCC)c2cc(OC(C)C)ccc2n1. The lowest BCUT2D eigenvalue weighted by molar-refractivity contribution is 0.243. The van der Waals surface area contributed by atoms with E-state index in [9.17, 15) is 0 Å². The molecule has 20 heavy (non-hydrogen) atoms. The summed E-state index contributed by atoms with van der Waals surface area (Å²) in [6.07, 6.45) is 2.30. The quantitative estimate of drug-likeness (QED) is 0.846. The van der Waals surface area contributed by atoms with E-state index in [-0.39, 0.29) is 6.10 Å². The Bertz CT molecular complexity index is 578. The Morgan fingerprint density at radius 2 is 2.00 bits per heavy atom. The topological polar surface area (TPSA) is 34.1 Å². The molecule has 0 unspecified atom stereocenters. The number of rotatable bonds is 6. The van der Waals surface area contributed by atoms with Gasteiger partial charge in [0.15, 0.2) is 0 Å². The molecule has 0 bridgehead atoms. The molecule has 1 aromatic heterocycles. The van der Waals surface area contributed by atoms with E-state index in [1.165, 1.54) is 0 Å². The van der Waals surface area contributed by atoms with Crippen LogP contribution in [0.5, 0.6) is 5.75 Å². The molecule has 3 heteroatoms. The lowest BCUT2D eigenvalue weighted by Crippen LogP contribution is -2.06. The third-order valence-electron chi connectivity index (χ3n) is 3.08. The van der Waals surface area contributed by atoms with Gasteiger partial charge in [0.1, 0.15) is 5.75 Å². The van der Waals surface area contributed by atoms with Gasteiger partial charge in [0, 0.05) is 23.3 Å². The molecule has 0 fully saturated rings. The molecule has 1 aromatic carbocycles. The number of aryl methyl sites for hydroxylation is 1. The Balaban J connectivity index is 2.48. The third kappa shape index (κ3) is 3.41. The molecule has 0 aliphatic carbocycles. The standard InChI is InChI=1S/C17H24N2O/c1-5-7-13-10-17(18-6-2)15-11-14(20-12(3)4)8-9-16(15)19-13/h8-12H,5-7H2,1-4H3,(H,18,19).